The SMILES string of the molecule is Cc1c2c(c(C)c(CC(=O)O)c1N1CCC(C)(C)CC1)N(S)[C@@H](C)c1cc(F)cnc1-2. The smallest absolute Gasteiger partial charge is 0.307 e. The van der Waals surface area contributed by atoms with Crippen molar-refractivity contribution in [1.29, 1.82) is 0 Å². The number of carboxylic acid groups (broad SMARTS) is 1. The molecule has 1 aromatic carbocycles. The van der Waals surface area contributed by atoms with Crippen molar-refractivity contribution in [1.82, 2.24) is 4.98 Å². The van der Waals surface area contributed by atoms with Gasteiger partial charge in [-0.25, -0.2) is 4.39 Å². The summed E-state index contributed by atoms with van der Waals surface area (Å²) in [6, 6.07) is 1.34. The highest BCUT2D eigenvalue weighted by atomic mass is 32.1. The number of aliphatic carboxylic acids is 1. The standard InChI is InChI=1S/C24H30FN3O2S/c1-13-17(11-19(29)30)22(27-8-6-24(4,5)7-9-27)14(2)20-21-18(10-16(25)12-26-21)15(3)28(31)23(13)20/h10,12,15,31H,6-9,11H2,1-5H3,(H,29,30)/t15-/m0/s1. The van der Waals surface area contributed by atoms with E-state index >= 15 is 0 Å². The first kappa shape index (κ1) is 21.9. The minimum atomic E-state index is -0.851. The van der Waals surface area contributed by atoms with Crippen molar-refractivity contribution >= 4 is 30.2 Å². The molecule has 0 saturated carbocycles. The molecule has 166 valence electrons. The number of carboxylic acids is 1. The number of aromatic nitrogens is 1. The van der Waals surface area contributed by atoms with Crippen molar-refractivity contribution in [3.05, 3.63) is 40.3 Å². The molecule has 31 heavy (non-hydrogen) atoms. The lowest BCUT2D eigenvalue weighted by Crippen LogP contribution is -2.39. The molecule has 7 heteroatoms. The van der Waals surface area contributed by atoms with E-state index in [1.807, 2.05) is 25.1 Å². The van der Waals surface area contributed by atoms with Crippen molar-refractivity contribution < 1.29 is 14.3 Å². The Balaban J connectivity index is 1.99. The van der Waals surface area contributed by atoms with Crippen LogP contribution in [0.2, 0.25) is 0 Å². The number of nitrogens with zero attached hydrogens (tertiary/aromatic N) is 3. The number of thiol groups is 1. The lowest BCUT2D eigenvalue weighted by atomic mass is 9.81. The fraction of sp³-hybridized carbons (Fsp3) is 0.500. The largest absolute Gasteiger partial charge is 0.481 e. The van der Waals surface area contributed by atoms with Crippen LogP contribution in [0.3, 0.4) is 0 Å². The van der Waals surface area contributed by atoms with Gasteiger partial charge in [-0.05, 0) is 61.8 Å². The summed E-state index contributed by atoms with van der Waals surface area (Å²) in [5, 5.41) is 9.69. The molecule has 2 aliphatic heterocycles. The van der Waals surface area contributed by atoms with Crippen LogP contribution >= 0.6 is 12.8 Å². The molecule has 0 unspecified atom stereocenters. The van der Waals surface area contributed by atoms with Crippen molar-refractivity contribution in [2.75, 3.05) is 22.3 Å². The molecule has 1 saturated heterocycles. The van der Waals surface area contributed by atoms with Gasteiger partial charge in [0.15, 0.2) is 0 Å². The number of fused-ring (bicyclic) bond motifs is 3. The van der Waals surface area contributed by atoms with Crippen molar-refractivity contribution in [2.24, 2.45) is 5.41 Å². The molecule has 1 N–H and O–H groups in total. The van der Waals surface area contributed by atoms with E-state index in [2.05, 4.69) is 23.7 Å². The Hall–Kier alpha value is -2.28. The highest BCUT2D eigenvalue weighted by Crippen LogP contribution is 2.52. The van der Waals surface area contributed by atoms with Crippen LogP contribution in [0.5, 0.6) is 0 Å². The number of hydrogen-bond donors (Lipinski definition) is 2. The molecule has 4 rings (SSSR count). The first-order valence-corrected chi connectivity index (χ1v) is 11.2. The topological polar surface area (TPSA) is 56.7 Å². The molecule has 0 bridgehead atoms. The number of hydrogen-bond acceptors (Lipinski definition) is 5. The predicted octanol–water partition coefficient (Wildman–Crippen LogP) is 5.48. The van der Waals surface area contributed by atoms with Gasteiger partial charge in [-0.3, -0.25) is 9.78 Å². The normalized spacial score (nSPS) is 19.8. The molecule has 0 aliphatic carbocycles. The van der Waals surface area contributed by atoms with E-state index in [9.17, 15) is 14.3 Å². The summed E-state index contributed by atoms with van der Waals surface area (Å²) in [4.78, 5) is 18.6. The monoisotopic (exact) mass is 443 g/mol. The van der Waals surface area contributed by atoms with Crippen LogP contribution in [0.1, 0.15) is 61.9 Å². The van der Waals surface area contributed by atoms with Crippen molar-refractivity contribution in [2.45, 2.75) is 59.9 Å². The molecule has 5 nitrogen and oxygen atoms in total. The summed E-state index contributed by atoms with van der Waals surface area (Å²) >= 11 is 4.76. The molecular weight excluding hydrogens is 413 g/mol. The minimum absolute atomic E-state index is 0.0467. The van der Waals surface area contributed by atoms with Crippen LogP contribution in [-0.2, 0) is 11.2 Å². The molecule has 2 aliphatic rings. The maximum atomic E-state index is 14.0. The van der Waals surface area contributed by atoms with E-state index in [-0.39, 0.29) is 23.7 Å². The van der Waals surface area contributed by atoms with E-state index in [0.717, 1.165) is 70.8 Å². The fourth-order valence-corrected chi connectivity index (χ4v) is 5.42. The zero-order valence-corrected chi connectivity index (χ0v) is 19.7. The van der Waals surface area contributed by atoms with Crippen LogP contribution < -0.4 is 9.21 Å². The first-order chi connectivity index (χ1) is 14.5. The molecule has 1 aromatic heterocycles. The molecule has 0 amide bonds. The Labute approximate surface area is 188 Å². The number of halogens is 1. The van der Waals surface area contributed by atoms with Crippen LogP contribution in [0.25, 0.3) is 11.3 Å². The van der Waals surface area contributed by atoms with Gasteiger partial charge in [-0.2, -0.15) is 0 Å². The summed E-state index contributed by atoms with van der Waals surface area (Å²) < 4.78 is 15.9. The van der Waals surface area contributed by atoms with E-state index < -0.39 is 5.97 Å². The zero-order valence-electron chi connectivity index (χ0n) is 18.8. The molecule has 2 aromatic rings. The van der Waals surface area contributed by atoms with Gasteiger partial charge in [0.1, 0.15) is 5.82 Å². The van der Waals surface area contributed by atoms with Gasteiger partial charge >= 0.3 is 5.97 Å². The lowest BCUT2D eigenvalue weighted by molar-refractivity contribution is -0.136. The quantitative estimate of drug-likeness (QED) is 0.615. The van der Waals surface area contributed by atoms with Crippen molar-refractivity contribution in [3.8, 4) is 11.3 Å². The molecule has 1 atom stereocenters. The third-order valence-corrected chi connectivity index (χ3v) is 7.54. The second-order valence-electron chi connectivity index (χ2n) is 9.63. The highest BCUT2D eigenvalue weighted by molar-refractivity contribution is 7.81. The van der Waals surface area contributed by atoms with E-state index in [1.165, 1.54) is 12.3 Å². The number of anilines is 2. The third-order valence-electron chi connectivity index (χ3n) is 6.99. The van der Waals surface area contributed by atoms with E-state index in [0.29, 0.717) is 0 Å². The Kier molecular flexibility index (Phi) is 5.44. The van der Waals surface area contributed by atoms with Gasteiger partial charge in [-0.15, -0.1) is 0 Å². The lowest BCUT2D eigenvalue weighted by Gasteiger charge is -2.42. The second-order valence-corrected chi connectivity index (χ2v) is 10.1. The third kappa shape index (κ3) is 3.67. The summed E-state index contributed by atoms with van der Waals surface area (Å²) in [7, 11) is 0. The van der Waals surface area contributed by atoms with Crippen LogP contribution in [0, 0.1) is 25.1 Å². The molecular formula is C24H30FN3O2S. The van der Waals surface area contributed by atoms with Gasteiger partial charge in [-0.1, -0.05) is 26.7 Å². The second kappa shape index (κ2) is 7.69. The summed E-state index contributed by atoms with van der Waals surface area (Å²) in [6.45, 7) is 12.3. The predicted molar refractivity (Wildman–Crippen MR) is 126 cm³/mol. The Morgan fingerprint density at radius 3 is 2.52 bits per heavy atom. The Morgan fingerprint density at radius 1 is 1.26 bits per heavy atom. The molecule has 0 radical (unpaired) electrons. The Bertz CT molecular complexity index is 1060. The van der Waals surface area contributed by atoms with Crippen LogP contribution in [0.15, 0.2) is 12.3 Å². The van der Waals surface area contributed by atoms with Crippen LogP contribution in [0.4, 0.5) is 15.8 Å². The van der Waals surface area contributed by atoms with Gasteiger partial charge in [0.25, 0.3) is 0 Å². The number of piperidine rings is 1. The van der Waals surface area contributed by atoms with Gasteiger partial charge < -0.3 is 14.3 Å². The average molecular weight is 444 g/mol. The minimum Gasteiger partial charge on any atom is -0.481 e. The number of benzene rings is 1. The summed E-state index contributed by atoms with van der Waals surface area (Å²) in [5.41, 5.74) is 7.35. The number of carbonyl (C=O) groups is 1. The molecule has 0 spiro atoms. The molecule has 1 fully saturated rings. The van der Waals surface area contributed by atoms with E-state index in [1.54, 1.807) is 0 Å². The maximum absolute atomic E-state index is 14.0. The Morgan fingerprint density at radius 2 is 1.90 bits per heavy atom. The van der Waals surface area contributed by atoms with Gasteiger partial charge in [0, 0.05) is 29.9 Å². The first-order valence-electron chi connectivity index (χ1n) is 10.8. The number of pyridine rings is 1. The van der Waals surface area contributed by atoms with Gasteiger partial charge in [0.2, 0.25) is 0 Å². The number of rotatable bonds is 3. The average Bonchev–Trinajstić information content (AvgIpc) is 2.69. The highest BCUT2D eigenvalue weighted by Gasteiger charge is 2.36. The maximum Gasteiger partial charge on any atom is 0.307 e. The molecule has 3 heterocycles. The van der Waals surface area contributed by atoms with Crippen LogP contribution in [-0.4, -0.2) is 29.1 Å². The summed E-state index contributed by atoms with van der Waals surface area (Å²) in [5.74, 6) is -1.22. The summed E-state index contributed by atoms with van der Waals surface area (Å²) in [6.07, 6.45) is 3.30. The zero-order chi connectivity index (χ0) is 22.7. The van der Waals surface area contributed by atoms with Crippen molar-refractivity contribution in [3.63, 3.8) is 0 Å². The van der Waals surface area contributed by atoms with E-state index in [4.69, 9.17) is 12.8 Å². The fourth-order valence-electron chi connectivity index (χ4n) is 5.05. The van der Waals surface area contributed by atoms with Gasteiger partial charge in [0.05, 0.1) is 30.0 Å².